The molecule has 2 N–H and O–H groups in total. The van der Waals surface area contributed by atoms with Crippen LogP contribution in [0.1, 0.15) is 6.92 Å². The van der Waals surface area contributed by atoms with E-state index < -0.39 is 5.97 Å². The fourth-order valence-electron chi connectivity index (χ4n) is 0.161. The molecule has 0 aromatic rings. The number of hydrogen-bond donors (Lipinski definition) is 2. The first-order valence-electron chi connectivity index (χ1n) is 2.80. The zero-order valence-corrected chi connectivity index (χ0v) is 5.20. The molecule has 2 heterocycles. The first-order valence-corrected chi connectivity index (χ1v) is 2.80. The lowest BCUT2D eigenvalue weighted by Gasteiger charge is -1.81. The monoisotopic (exact) mass is 134 g/mol. The van der Waals surface area contributed by atoms with Crippen LogP contribution in [0.25, 0.3) is 0 Å². The van der Waals surface area contributed by atoms with Crippen molar-refractivity contribution in [2.24, 2.45) is 0 Å². The highest BCUT2D eigenvalue weighted by Gasteiger charge is 2.39. The van der Waals surface area contributed by atoms with Gasteiger partial charge in [-0.3, -0.25) is 0 Å². The minimum absolute atomic E-state index is 0.0625. The highest BCUT2D eigenvalue weighted by Crippen LogP contribution is 2.16. The van der Waals surface area contributed by atoms with Gasteiger partial charge in [0.25, 0.3) is 0 Å². The van der Waals surface area contributed by atoms with Crippen LogP contribution in [0.2, 0.25) is 0 Å². The quantitative estimate of drug-likeness (QED) is 0.331. The van der Waals surface area contributed by atoms with Crippen LogP contribution in [0.15, 0.2) is 0 Å². The average Bonchev–Trinajstić information content (AvgIpc) is 2.54. The van der Waals surface area contributed by atoms with E-state index >= 15 is 0 Å². The van der Waals surface area contributed by atoms with E-state index in [4.69, 9.17) is 14.9 Å². The van der Waals surface area contributed by atoms with E-state index in [-0.39, 0.29) is 6.61 Å². The van der Waals surface area contributed by atoms with Crippen molar-refractivity contribution in [3.05, 3.63) is 0 Å². The zero-order valence-electron chi connectivity index (χ0n) is 5.20. The molecule has 0 aromatic carbocycles. The Bertz CT molecular complexity index is 91.1. The summed E-state index contributed by atoms with van der Waals surface area (Å²) < 4.78 is 8.72. The Labute approximate surface area is 53.0 Å². The fraction of sp³-hybridized carbons (Fsp3) is 1.00. The highest BCUT2D eigenvalue weighted by molar-refractivity contribution is 4.60. The van der Waals surface area contributed by atoms with E-state index in [0.29, 0.717) is 6.10 Å². The summed E-state index contributed by atoms with van der Waals surface area (Å²) in [4.78, 5) is 0. The molecule has 0 bridgehead atoms. The average molecular weight is 134 g/mol. The third-order valence-corrected chi connectivity index (χ3v) is 0.903. The van der Waals surface area contributed by atoms with Crippen LogP contribution in [-0.4, -0.2) is 35.5 Å². The van der Waals surface area contributed by atoms with Crippen molar-refractivity contribution in [2.45, 2.75) is 19.0 Å². The zero-order chi connectivity index (χ0) is 6.91. The Morgan fingerprint density at radius 1 is 1.56 bits per heavy atom. The Morgan fingerprint density at radius 2 is 1.78 bits per heavy atom. The van der Waals surface area contributed by atoms with Gasteiger partial charge in [0.2, 0.25) is 0 Å². The molecule has 2 aliphatic rings. The van der Waals surface area contributed by atoms with Gasteiger partial charge < -0.3 is 19.7 Å². The Kier molecular flexibility index (Phi) is 1.72. The largest absolute Gasteiger partial charge is 0.373 e. The Morgan fingerprint density at radius 3 is 1.78 bits per heavy atom. The summed E-state index contributed by atoms with van der Waals surface area (Å²) in [7, 11) is 0. The second kappa shape index (κ2) is 2.22. The van der Waals surface area contributed by atoms with Gasteiger partial charge in [-0.05, 0) is 6.92 Å². The molecule has 0 amide bonds. The van der Waals surface area contributed by atoms with Crippen molar-refractivity contribution in [1.82, 2.24) is 0 Å². The highest BCUT2D eigenvalue weighted by atomic mass is 16.8. The topological polar surface area (TPSA) is 65.5 Å². The lowest BCUT2D eigenvalue weighted by atomic mass is 10.6. The van der Waals surface area contributed by atoms with Crippen LogP contribution in [0.4, 0.5) is 0 Å². The first-order chi connectivity index (χ1) is 4.10. The number of aliphatic hydroxyl groups is 2. The van der Waals surface area contributed by atoms with Gasteiger partial charge >= 0.3 is 5.97 Å². The second-order valence-corrected chi connectivity index (χ2v) is 2.18. The van der Waals surface area contributed by atoms with Gasteiger partial charge in [-0.2, -0.15) is 0 Å². The molecular formula is C5H10O4. The van der Waals surface area contributed by atoms with Gasteiger partial charge in [-0.1, -0.05) is 0 Å². The van der Waals surface area contributed by atoms with E-state index in [1.54, 1.807) is 0 Å². The van der Waals surface area contributed by atoms with Gasteiger partial charge in [-0.25, -0.2) is 0 Å². The lowest BCUT2D eigenvalue weighted by Crippen LogP contribution is -2.04. The molecule has 0 spiro atoms. The van der Waals surface area contributed by atoms with E-state index in [2.05, 4.69) is 11.7 Å². The maximum atomic E-state index is 7.97. The van der Waals surface area contributed by atoms with Crippen molar-refractivity contribution < 1.29 is 19.7 Å². The third kappa shape index (κ3) is 4.35. The number of epoxide rings is 2. The third-order valence-electron chi connectivity index (χ3n) is 0.903. The smallest absolute Gasteiger partial charge is 0.303 e. The molecule has 1 unspecified atom stereocenters. The summed E-state index contributed by atoms with van der Waals surface area (Å²) >= 11 is 0. The van der Waals surface area contributed by atoms with Crippen molar-refractivity contribution in [3.8, 4) is 0 Å². The molecule has 1 atom stereocenters. The molecule has 4 heteroatoms. The van der Waals surface area contributed by atoms with Crippen molar-refractivity contribution in [2.75, 3.05) is 13.2 Å². The first kappa shape index (κ1) is 6.95. The van der Waals surface area contributed by atoms with E-state index in [9.17, 15) is 0 Å². The van der Waals surface area contributed by atoms with Crippen molar-refractivity contribution >= 4 is 0 Å². The lowest BCUT2D eigenvalue weighted by molar-refractivity contribution is -0.148. The number of hydrogen-bond acceptors (Lipinski definition) is 4. The van der Waals surface area contributed by atoms with E-state index in [0.717, 1.165) is 6.61 Å². The second-order valence-electron chi connectivity index (χ2n) is 2.18. The predicted octanol–water partition coefficient (Wildman–Crippen LogP) is -0.940. The molecule has 2 rings (SSSR count). The molecule has 2 aliphatic heterocycles. The van der Waals surface area contributed by atoms with Gasteiger partial charge in [0.15, 0.2) is 0 Å². The van der Waals surface area contributed by atoms with Gasteiger partial charge in [0.1, 0.15) is 6.61 Å². The summed E-state index contributed by atoms with van der Waals surface area (Å²) in [5.41, 5.74) is 0. The molecule has 4 nitrogen and oxygen atoms in total. The molecule has 2 saturated heterocycles. The summed E-state index contributed by atoms with van der Waals surface area (Å²) in [6.45, 7) is 3.10. The van der Waals surface area contributed by atoms with Crippen LogP contribution in [0, 0.1) is 0 Å². The van der Waals surface area contributed by atoms with Crippen LogP contribution in [-0.2, 0) is 9.47 Å². The molecule has 0 saturated carbocycles. The number of rotatable bonds is 0. The fourth-order valence-corrected chi connectivity index (χ4v) is 0.161. The standard InChI is InChI=1S/C3H6O.C2H4O3/c1-3-2-4-3;3-2(4)1-5-2/h3H,2H2,1H3;3-4H,1H2. The molecule has 0 aromatic heterocycles. The van der Waals surface area contributed by atoms with Crippen LogP contribution < -0.4 is 0 Å². The maximum absolute atomic E-state index is 7.97. The summed E-state index contributed by atoms with van der Waals surface area (Å²) in [5, 5.41) is 15.9. The van der Waals surface area contributed by atoms with Crippen molar-refractivity contribution in [3.63, 3.8) is 0 Å². The SMILES string of the molecule is CC1CO1.OC1(O)CO1. The predicted molar refractivity (Wildman–Crippen MR) is 28.5 cm³/mol. The minimum atomic E-state index is -1.75. The van der Waals surface area contributed by atoms with Crippen LogP contribution >= 0.6 is 0 Å². The van der Waals surface area contributed by atoms with Gasteiger partial charge in [-0.15, -0.1) is 0 Å². The Hall–Kier alpha value is -0.160. The van der Waals surface area contributed by atoms with E-state index in [1.807, 2.05) is 0 Å². The van der Waals surface area contributed by atoms with Crippen LogP contribution in [0.5, 0.6) is 0 Å². The molecule has 9 heavy (non-hydrogen) atoms. The maximum Gasteiger partial charge on any atom is 0.303 e. The van der Waals surface area contributed by atoms with Crippen LogP contribution in [0.3, 0.4) is 0 Å². The Balaban J connectivity index is 0.0000000922. The van der Waals surface area contributed by atoms with Gasteiger partial charge in [0.05, 0.1) is 12.7 Å². The molecular weight excluding hydrogens is 124 g/mol. The molecule has 0 radical (unpaired) electrons. The van der Waals surface area contributed by atoms with Crippen molar-refractivity contribution in [1.29, 1.82) is 0 Å². The molecule has 54 valence electrons. The van der Waals surface area contributed by atoms with Gasteiger partial charge in [0, 0.05) is 0 Å². The summed E-state index contributed by atoms with van der Waals surface area (Å²) in [6.07, 6.45) is 0.583. The molecule has 0 aliphatic carbocycles. The number of ether oxygens (including phenoxy) is 2. The minimum Gasteiger partial charge on any atom is -0.373 e. The normalized spacial score (nSPS) is 34.3. The summed E-state index contributed by atoms with van der Waals surface area (Å²) in [6, 6.07) is 0. The molecule has 2 fully saturated rings. The summed E-state index contributed by atoms with van der Waals surface area (Å²) in [5.74, 6) is -1.75. The van der Waals surface area contributed by atoms with E-state index in [1.165, 1.54) is 0 Å².